The monoisotopic (exact) mass is 677 g/mol. The van der Waals surface area contributed by atoms with Crippen molar-refractivity contribution in [2.75, 3.05) is 20.8 Å². The fourth-order valence-corrected chi connectivity index (χ4v) is 12.2. The van der Waals surface area contributed by atoms with Gasteiger partial charge in [0.1, 0.15) is 12.6 Å². The molecule has 1 saturated carbocycles. The molecule has 7 nitrogen and oxygen atoms in total. The van der Waals surface area contributed by atoms with Crippen molar-refractivity contribution in [2.24, 2.45) is 5.92 Å². The largest absolute Gasteiger partial charge is 0.529 e. The minimum atomic E-state index is -3.06. The van der Waals surface area contributed by atoms with Crippen LogP contribution in [-0.2, 0) is 9.53 Å². The van der Waals surface area contributed by atoms with Gasteiger partial charge in [-0.15, -0.1) is 0 Å². The standard InChI is InChI=1S/C41H47NO6Si/c1-41(2,3)49(32-22-14-8-15-23-32,33-24-16-9-17-25-33)48-38-35(45-4)26-31(27-36(38)46-5)37(30-20-12-7-13-21-30)39(43)42-34(28-47-40(42)44)29-18-10-6-11-19-29/h6,8-11,14-19,22-27,30,34,37H,7,12-13,20-21,28H2,1-5H3/t34-,37?/m1/s1. The number of carbonyl (C=O) groups excluding carboxylic acids is 2. The van der Waals surface area contributed by atoms with Crippen molar-refractivity contribution in [3.05, 3.63) is 114 Å². The summed E-state index contributed by atoms with van der Waals surface area (Å²) in [4.78, 5) is 29.4. The first-order chi connectivity index (χ1) is 23.7. The molecule has 0 aromatic heterocycles. The van der Waals surface area contributed by atoms with Crippen LogP contribution in [0.3, 0.4) is 0 Å². The van der Waals surface area contributed by atoms with Crippen LogP contribution in [0.5, 0.6) is 17.2 Å². The minimum Gasteiger partial charge on any atom is -0.529 e. The molecular weight excluding hydrogens is 631 g/mol. The van der Waals surface area contributed by atoms with Gasteiger partial charge in [-0.1, -0.05) is 131 Å². The van der Waals surface area contributed by atoms with Crippen molar-refractivity contribution in [2.45, 2.75) is 69.9 Å². The highest BCUT2D eigenvalue weighted by atomic mass is 28.4. The molecule has 0 radical (unpaired) electrons. The Morgan fingerprint density at radius 1 is 0.796 bits per heavy atom. The van der Waals surface area contributed by atoms with Crippen LogP contribution >= 0.6 is 0 Å². The molecule has 6 rings (SSSR count). The lowest BCUT2D eigenvalue weighted by atomic mass is 9.75. The van der Waals surface area contributed by atoms with E-state index in [-0.39, 0.29) is 23.5 Å². The number of hydrogen-bond donors (Lipinski definition) is 0. The maximum absolute atomic E-state index is 14.8. The summed E-state index contributed by atoms with van der Waals surface area (Å²) < 4.78 is 25.2. The first kappa shape index (κ1) is 34.3. The first-order valence-electron chi connectivity index (χ1n) is 17.3. The van der Waals surface area contributed by atoms with E-state index in [0.29, 0.717) is 17.2 Å². The normalized spacial score (nSPS) is 17.7. The molecule has 256 valence electrons. The molecule has 2 aliphatic rings. The van der Waals surface area contributed by atoms with Crippen LogP contribution in [0.1, 0.15) is 76.0 Å². The van der Waals surface area contributed by atoms with E-state index in [9.17, 15) is 9.59 Å². The molecule has 1 saturated heterocycles. The third-order valence-corrected chi connectivity index (χ3v) is 15.1. The Morgan fingerprint density at radius 3 is 1.80 bits per heavy atom. The van der Waals surface area contributed by atoms with Crippen LogP contribution in [0.15, 0.2) is 103 Å². The Morgan fingerprint density at radius 2 is 1.31 bits per heavy atom. The number of amides is 2. The number of imide groups is 1. The molecule has 1 aliphatic carbocycles. The van der Waals surface area contributed by atoms with Gasteiger partial charge in [0.15, 0.2) is 17.2 Å². The van der Waals surface area contributed by atoms with Crippen molar-refractivity contribution in [1.82, 2.24) is 4.90 Å². The highest BCUT2D eigenvalue weighted by molar-refractivity contribution is 7.00. The molecule has 0 N–H and O–H groups in total. The summed E-state index contributed by atoms with van der Waals surface area (Å²) in [6.45, 7) is 6.80. The first-order valence-corrected chi connectivity index (χ1v) is 19.2. The van der Waals surface area contributed by atoms with E-state index in [2.05, 4.69) is 69.3 Å². The molecule has 8 heteroatoms. The van der Waals surface area contributed by atoms with Gasteiger partial charge < -0.3 is 18.6 Å². The number of benzene rings is 4. The van der Waals surface area contributed by atoms with Gasteiger partial charge in [0.25, 0.3) is 0 Å². The molecule has 0 spiro atoms. The van der Waals surface area contributed by atoms with Crippen LogP contribution < -0.4 is 24.3 Å². The van der Waals surface area contributed by atoms with E-state index in [1.54, 1.807) is 14.2 Å². The summed E-state index contributed by atoms with van der Waals surface area (Å²) in [7, 11) is 0.188. The quantitative estimate of drug-likeness (QED) is 0.158. The predicted molar refractivity (Wildman–Crippen MR) is 194 cm³/mol. The van der Waals surface area contributed by atoms with Gasteiger partial charge >= 0.3 is 14.4 Å². The molecule has 1 aliphatic heterocycles. The van der Waals surface area contributed by atoms with Gasteiger partial charge in [-0.3, -0.25) is 4.79 Å². The highest BCUT2D eigenvalue weighted by Crippen LogP contribution is 2.48. The molecule has 1 heterocycles. The van der Waals surface area contributed by atoms with Crippen LogP contribution in [0.4, 0.5) is 4.79 Å². The summed E-state index contributed by atoms with van der Waals surface area (Å²) in [5.74, 6) is 0.665. The summed E-state index contributed by atoms with van der Waals surface area (Å²) in [5, 5.41) is 1.95. The maximum atomic E-state index is 14.8. The number of cyclic esters (lactones) is 1. The molecule has 1 unspecified atom stereocenters. The van der Waals surface area contributed by atoms with E-state index in [1.807, 2.05) is 54.6 Å². The van der Waals surface area contributed by atoms with Crippen molar-refractivity contribution in [3.63, 3.8) is 0 Å². The van der Waals surface area contributed by atoms with Crippen LogP contribution in [0.2, 0.25) is 5.04 Å². The average molecular weight is 678 g/mol. The number of methoxy groups -OCH3 is 2. The lowest BCUT2D eigenvalue weighted by Gasteiger charge is -2.43. The third-order valence-electron chi connectivity index (χ3n) is 10.2. The second-order valence-corrected chi connectivity index (χ2v) is 18.3. The molecule has 4 aromatic rings. The van der Waals surface area contributed by atoms with Crippen LogP contribution in [-0.4, -0.2) is 46.0 Å². The topological polar surface area (TPSA) is 74.3 Å². The van der Waals surface area contributed by atoms with Gasteiger partial charge in [0, 0.05) is 0 Å². The predicted octanol–water partition coefficient (Wildman–Crippen LogP) is 8.03. The Kier molecular flexibility index (Phi) is 10.2. The van der Waals surface area contributed by atoms with Gasteiger partial charge in [-0.05, 0) is 57.4 Å². The number of carbonyl (C=O) groups is 2. The number of hydrogen-bond acceptors (Lipinski definition) is 6. The van der Waals surface area contributed by atoms with Gasteiger partial charge in [0.05, 0.1) is 20.1 Å². The van der Waals surface area contributed by atoms with E-state index in [0.717, 1.165) is 53.6 Å². The molecule has 49 heavy (non-hydrogen) atoms. The molecule has 4 aromatic carbocycles. The van der Waals surface area contributed by atoms with Crippen molar-refractivity contribution < 1.29 is 28.2 Å². The zero-order valence-electron chi connectivity index (χ0n) is 29.2. The summed E-state index contributed by atoms with van der Waals surface area (Å²) in [6.07, 6.45) is 4.37. The highest BCUT2D eigenvalue weighted by Gasteiger charge is 2.53. The number of rotatable bonds is 10. The van der Waals surface area contributed by atoms with E-state index in [1.165, 1.54) is 4.90 Å². The molecule has 0 bridgehead atoms. The van der Waals surface area contributed by atoms with Crippen LogP contribution in [0, 0.1) is 5.92 Å². The SMILES string of the molecule is COc1cc(C(C(=O)N2C(=O)OC[C@@H]2c2ccccc2)C2CCCCC2)cc(OC)c1O[Si](c1ccccc1)(c1ccccc1)C(C)(C)C. The molecule has 2 atom stereocenters. The smallest absolute Gasteiger partial charge is 0.417 e. The Labute approximate surface area is 291 Å². The number of ether oxygens (including phenoxy) is 3. The summed E-state index contributed by atoms with van der Waals surface area (Å²) in [5.41, 5.74) is 1.61. The maximum Gasteiger partial charge on any atom is 0.417 e. The fraction of sp³-hybridized carbons (Fsp3) is 0.366. The third kappa shape index (κ3) is 6.58. The molecule has 2 fully saturated rings. The number of nitrogens with zero attached hydrogens (tertiary/aromatic N) is 1. The lowest BCUT2D eigenvalue weighted by molar-refractivity contribution is -0.132. The molecular formula is C41H47NO6Si. The Balaban J connectivity index is 1.49. The fourth-order valence-electron chi connectivity index (χ4n) is 7.80. The van der Waals surface area contributed by atoms with Gasteiger partial charge in [0.2, 0.25) is 5.91 Å². The van der Waals surface area contributed by atoms with Crippen molar-refractivity contribution in [1.29, 1.82) is 0 Å². The zero-order chi connectivity index (χ0) is 34.6. The Hall–Kier alpha value is -4.56. The second kappa shape index (κ2) is 14.5. The van der Waals surface area contributed by atoms with Crippen molar-refractivity contribution >= 4 is 30.7 Å². The summed E-state index contributed by atoms with van der Waals surface area (Å²) >= 11 is 0. The zero-order valence-corrected chi connectivity index (χ0v) is 30.2. The molecule has 2 amide bonds. The van der Waals surface area contributed by atoms with Crippen molar-refractivity contribution in [3.8, 4) is 17.2 Å². The van der Waals surface area contributed by atoms with Gasteiger partial charge in [-0.25, -0.2) is 9.69 Å². The Bertz CT molecular complexity index is 1670. The van der Waals surface area contributed by atoms with E-state index in [4.69, 9.17) is 18.6 Å². The summed E-state index contributed by atoms with van der Waals surface area (Å²) in [6, 6.07) is 33.8. The minimum absolute atomic E-state index is 0.0453. The van der Waals surface area contributed by atoms with E-state index >= 15 is 0 Å². The lowest BCUT2D eigenvalue weighted by Crippen LogP contribution is -2.68. The second-order valence-electron chi connectivity index (χ2n) is 14.1. The van der Waals surface area contributed by atoms with E-state index < -0.39 is 26.4 Å². The van der Waals surface area contributed by atoms with Gasteiger partial charge in [-0.2, -0.15) is 0 Å². The average Bonchev–Trinajstić information content (AvgIpc) is 3.52. The van der Waals surface area contributed by atoms with Crippen LogP contribution in [0.25, 0.3) is 0 Å².